The zero-order valence-corrected chi connectivity index (χ0v) is 23.0. The molecule has 4 atom stereocenters. The van der Waals surface area contributed by atoms with Gasteiger partial charge < -0.3 is 21.3 Å². The van der Waals surface area contributed by atoms with E-state index in [2.05, 4.69) is 21.3 Å². The fourth-order valence-electron chi connectivity index (χ4n) is 4.82. The minimum atomic E-state index is -1.15. The number of carbonyl (C=O) groups excluding carboxylic acids is 5. The number of amides is 4. The van der Waals surface area contributed by atoms with E-state index in [4.69, 9.17) is 0 Å². The van der Waals surface area contributed by atoms with Crippen LogP contribution in [0, 0.1) is 11.3 Å². The summed E-state index contributed by atoms with van der Waals surface area (Å²) in [5, 5.41) is 11.0. The number of hydrogen-bond acceptors (Lipinski definition) is 5. The number of hydrogen-bond donors (Lipinski definition) is 4. The van der Waals surface area contributed by atoms with E-state index in [1.807, 2.05) is 58.0 Å². The SMILES string of the molecule is CCC(CC(=O)N[C@@H](CC(C)(C)C)C(=O)NC(C[C@@H]1CCNC1=O)C(=O)C(=O)NC1CC1)c1ccccc1. The normalized spacial score (nSPS) is 19.6. The molecular formula is C29H42N4O5. The van der Waals surface area contributed by atoms with Crippen molar-refractivity contribution in [2.24, 2.45) is 11.3 Å². The van der Waals surface area contributed by atoms with Crippen molar-refractivity contribution in [1.29, 1.82) is 0 Å². The molecule has 9 heteroatoms. The van der Waals surface area contributed by atoms with Crippen LogP contribution in [0.5, 0.6) is 0 Å². The van der Waals surface area contributed by atoms with Crippen molar-refractivity contribution >= 4 is 29.4 Å². The first-order valence-corrected chi connectivity index (χ1v) is 13.7. The van der Waals surface area contributed by atoms with Gasteiger partial charge in [-0.25, -0.2) is 0 Å². The number of Topliss-reactive ketones (excluding diaryl/α,β-unsaturated/α-hetero) is 1. The molecular weight excluding hydrogens is 484 g/mol. The Labute approximate surface area is 225 Å². The lowest BCUT2D eigenvalue weighted by molar-refractivity contribution is -0.141. The summed E-state index contributed by atoms with van der Waals surface area (Å²) in [6.45, 7) is 8.41. The molecule has 208 valence electrons. The van der Waals surface area contributed by atoms with Gasteiger partial charge in [-0.15, -0.1) is 0 Å². The highest BCUT2D eigenvalue weighted by atomic mass is 16.2. The van der Waals surface area contributed by atoms with E-state index in [0.717, 1.165) is 24.8 Å². The van der Waals surface area contributed by atoms with Crippen LogP contribution in [-0.2, 0) is 24.0 Å². The van der Waals surface area contributed by atoms with Crippen LogP contribution in [0.3, 0.4) is 0 Å². The number of benzene rings is 1. The zero-order chi connectivity index (χ0) is 27.9. The topological polar surface area (TPSA) is 133 Å². The predicted molar refractivity (Wildman–Crippen MR) is 144 cm³/mol. The molecule has 1 aliphatic carbocycles. The van der Waals surface area contributed by atoms with Gasteiger partial charge in [0.1, 0.15) is 6.04 Å². The maximum atomic E-state index is 13.5. The Morgan fingerprint density at radius 3 is 2.24 bits per heavy atom. The third-order valence-electron chi connectivity index (χ3n) is 7.12. The van der Waals surface area contributed by atoms with Gasteiger partial charge in [-0.2, -0.15) is 0 Å². The lowest BCUT2D eigenvalue weighted by atomic mass is 9.87. The van der Waals surface area contributed by atoms with Crippen LogP contribution in [0.4, 0.5) is 0 Å². The van der Waals surface area contributed by atoms with Gasteiger partial charge in [-0.05, 0) is 55.4 Å². The van der Waals surface area contributed by atoms with Crippen LogP contribution >= 0.6 is 0 Å². The molecule has 0 spiro atoms. The third kappa shape index (κ3) is 8.96. The van der Waals surface area contributed by atoms with Crippen molar-refractivity contribution in [3.63, 3.8) is 0 Å². The smallest absolute Gasteiger partial charge is 0.289 e. The minimum Gasteiger partial charge on any atom is -0.356 e. The Morgan fingerprint density at radius 2 is 1.68 bits per heavy atom. The molecule has 4 N–H and O–H groups in total. The summed E-state index contributed by atoms with van der Waals surface area (Å²) in [5.74, 6) is -2.94. The average molecular weight is 527 g/mol. The van der Waals surface area contributed by atoms with Gasteiger partial charge in [0.25, 0.3) is 5.91 Å². The summed E-state index contributed by atoms with van der Waals surface area (Å²) in [7, 11) is 0. The maximum Gasteiger partial charge on any atom is 0.289 e. The molecule has 0 radical (unpaired) electrons. The zero-order valence-electron chi connectivity index (χ0n) is 23.0. The third-order valence-corrected chi connectivity index (χ3v) is 7.12. The van der Waals surface area contributed by atoms with E-state index in [1.54, 1.807) is 0 Å². The molecule has 3 rings (SSSR count). The van der Waals surface area contributed by atoms with Crippen LogP contribution in [0.2, 0.25) is 0 Å². The second kappa shape index (κ2) is 13.0. The average Bonchev–Trinajstić information content (AvgIpc) is 3.59. The number of rotatable bonds is 13. The Hall–Kier alpha value is -3.23. The van der Waals surface area contributed by atoms with Crippen molar-refractivity contribution in [1.82, 2.24) is 21.3 Å². The second-order valence-electron chi connectivity index (χ2n) is 11.8. The van der Waals surface area contributed by atoms with Gasteiger partial charge in [0.2, 0.25) is 23.5 Å². The number of nitrogens with one attached hydrogen (secondary N) is 4. The molecule has 0 bridgehead atoms. The molecule has 1 aromatic carbocycles. The summed E-state index contributed by atoms with van der Waals surface area (Å²) in [4.78, 5) is 64.4. The van der Waals surface area contributed by atoms with Crippen molar-refractivity contribution in [3.8, 4) is 0 Å². The van der Waals surface area contributed by atoms with Crippen LogP contribution in [0.15, 0.2) is 30.3 Å². The van der Waals surface area contributed by atoms with Gasteiger partial charge in [-0.1, -0.05) is 58.0 Å². The molecule has 1 heterocycles. The van der Waals surface area contributed by atoms with Crippen LogP contribution < -0.4 is 21.3 Å². The first-order valence-electron chi connectivity index (χ1n) is 13.7. The van der Waals surface area contributed by atoms with Crippen LogP contribution in [0.1, 0.15) is 84.1 Å². The maximum absolute atomic E-state index is 13.5. The Balaban J connectivity index is 1.72. The molecule has 4 amide bonds. The summed E-state index contributed by atoms with van der Waals surface area (Å²) in [6.07, 6.45) is 3.54. The summed E-state index contributed by atoms with van der Waals surface area (Å²) >= 11 is 0. The fourth-order valence-corrected chi connectivity index (χ4v) is 4.82. The highest BCUT2D eigenvalue weighted by Crippen LogP contribution is 2.25. The molecule has 1 saturated heterocycles. The van der Waals surface area contributed by atoms with Crippen molar-refractivity contribution in [2.75, 3.05) is 6.54 Å². The summed E-state index contributed by atoms with van der Waals surface area (Å²) in [6, 6.07) is 7.72. The first kappa shape index (κ1) is 29.3. The van der Waals surface area contributed by atoms with Gasteiger partial charge >= 0.3 is 0 Å². The van der Waals surface area contributed by atoms with E-state index >= 15 is 0 Å². The molecule has 0 aromatic heterocycles. The summed E-state index contributed by atoms with van der Waals surface area (Å²) in [5.41, 5.74) is 0.761. The van der Waals surface area contributed by atoms with Crippen LogP contribution in [-0.4, -0.2) is 54.1 Å². The molecule has 1 saturated carbocycles. The predicted octanol–water partition coefficient (Wildman–Crippen LogP) is 2.35. The van der Waals surface area contributed by atoms with Crippen molar-refractivity contribution in [3.05, 3.63) is 35.9 Å². The quantitative estimate of drug-likeness (QED) is 0.293. The highest BCUT2D eigenvalue weighted by molar-refractivity contribution is 6.38. The lowest BCUT2D eigenvalue weighted by Gasteiger charge is -2.28. The Morgan fingerprint density at radius 1 is 1.00 bits per heavy atom. The standard InChI is InChI=1S/C29H42N4O5/c1-5-18(19-9-7-6-8-10-19)16-24(34)32-23(17-29(2,3)4)27(37)33-22(15-20-13-14-30-26(20)36)25(35)28(38)31-21-11-12-21/h6-10,18,20-23H,5,11-17H2,1-4H3,(H,30,36)(H,31,38)(H,32,34)(H,33,37)/t18?,20-,22?,23-/m0/s1. The van der Waals surface area contributed by atoms with Gasteiger partial charge in [-0.3, -0.25) is 24.0 Å². The van der Waals surface area contributed by atoms with E-state index in [1.165, 1.54) is 0 Å². The molecule has 1 aromatic rings. The highest BCUT2D eigenvalue weighted by Gasteiger charge is 2.37. The molecule has 38 heavy (non-hydrogen) atoms. The van der Waals surface area contributed by atoms with Gasteiger partial charge in [0.15, 0.2) is 0 Å². The minimum absolute atomic E-state index is 0.0101. The molecule has 2 aliphatic rings. The van der Waals surface area contributed by atoms with E-state index < -0.39 is 35.6 Å². The lowest BCUT2D eigenvalue weighted by Crippen LogP contribution is -2.55. The van der Waals surface area contributed by atoms with Crippen molar-refractivity contribution in [2.45, 2.75) is 96.7 Å². The van der Waals surface area contributed by atoms with Crippen molar-refractivity contribution < 1.29 is 24.0 Å². The summed E-state index contributed by atoms with van der Waals surface area (Å²) < 4.78 is 0. The van der Waals surface area contributed by atoms with Crippen LogP contribution in [0.25, 0.3) is 0 Å². The largest absolute Gasteiger partial charge is 0.356 e. The van der Waals surface area contributed by atoms with E-state index in [0.29, 0.717) is 19.4 Å². The fraction of sp³-hybridized carbons (Fsp3) is 0.621. The monoisotopic (exact) mass is 526 g/mol. The first-order chi connectivity index (χ1) is 18.0. The van der Waals surface area contributed by atoms with Gasteiger partial charge in [0, 0.05) is 24.9 Å². The molecule has 2 unspecified atom stereocenters. The molecule has 1 aliphatic heterocycles. The number of carbonyl (C=O) groups is 5. The number of ketones is 1. The molecule has 2 fully saturated rings. The second-order valence-corrected chi connectivity index (χ2v) is 11.8. The van der Waals surface area contributed by atoms with Gasteiger partial charge in [0.05, 0.1) is 6.04 Å². The molecule has 9 nitrogen and oxygen atoms in total. The van der Waals surface area contributed by atoms with E-state index in [9.17, 15) is 24.0 Å². The Kier molecular flexibility index (Phi) is 10.1. The van der Waals surface area contributed by atoms with E-state index in [-0.39, 0.29) is 42.0 Å². The Bertz CT molecular complexity index is 1020.